The molecule has 0 aliphatic carbocycles. The highest BCUT2D eigenvalue weighted by atomic mass is 31.0. The van der Waals surface area contributed by atoms with Gasteiger partial charge in [-0.25, -0.2) is 0 Å². The summed E-state index contributed by atoms with van der Waals surface area (Å²) in [6.45, 7) is 0. The van der Waals surface area contributed by atoms with Gasteiger partial charge in [0.25, 0.3) is 0 Å². The molecule has 2 atom stereocenters. The summed E-state index contributed by atoms with van der Waals surface area (Å²) in [6, 6.07) is 0. The van der Waals surface area contributed by atoms with Crippen LogP contribution in [0.15, 0.2) is 0 Å². The van der Waals surface area contributed by atoms with Gasteiger partial charge in [0.2, 0.25) is 0 Å². The van der Waals surface area contributed by atoms with E-state index in [2.05, 4.69) is 0 Å². The van der Waals surface area contributed by atoms with Gasteiger partial charge in [-0.05, 0) is 18.9 Å². The standard InChI is InChI=1S/B2H4.2H3OP/c3*1-2/h1-2H2;2*1H,2H2. The lowest BCUT2D eigenvalue weighted by atomic mass is 9.81. The summed E-state index contributed by atoms with van der Waals surface area (Å²) in [5.74, 6) is 0. The van der Waals surface area contributed by atoms with Gasteiger partial charge >= 0.3 is 0 Å². The van der Waals surface area contributed by atoms with Crippen molar-refractivity contribution >= 4 is 34.4 Å². The van der Waals surface area contributed by atoms with Crippen molar-refractivity contribution in [3.05, 3.63) is 0 Å². The number of rotatable bonds is 0. The van der Waals surface area contributed by atoms with Crippen LogP contribution in [-0.4, -0.2) is 25.3 Å². The summed E-state index contributed by atoms with van der Waals surface area (Å²) in [5.41, 5.74) is 0. The van der Waals surface area contributed by atoms with E-state index in [0.717, 1.165) is 0 Å². The average molecular weight is 126 g/mol. The van der Waals surface area contributed by atoms with Gasteiger partial charge in [-0.1, -0.05) is 0 Å². The lowest BCUT2D eigenvalue weighted by Gasteiger charge is -1.21. The van der Waals surface area contributed by atoms with Crippen LogP contribution in [0.25, 0.3) is 0 Å². The zero-order valence-corrected chi connectivity index (χ0v) is 6.36. The zero-order valence-electron chi connectivity index (χ0n) is 4.05. The lowest BCUT2D eigenvalue weighted by molar-refractivity contribution is 0.663. The first kappa shape index (κ1) is 15.8. The second-order valence-corrected chi connectivity index (χ2v) is 0. The van der Waals surface area contributed by atoms with Crippen LogP contribution in [0.3, 0.4) is 0 Å². The zero-order chi connectivity index (χ0) is 6.00. The Morgan fingerprint density at radius 2 is 0.833 bits per heavy atom. The highest BCUT2D eigenvalue weighted by molar-refractivity contribution is 7.08. The monoisotopic (exact) mass is 126 g/mol. The maximum atomic E-state index is 6.92. The number of hydrogen-bond acceptors (Lipinski definition) is 2. The second kappa shape index (κ2) is 172. The molecule has 0 saturated carbocycles. The van der Waals surface area contributed by atoms with Crippen LogP contribution in [-0.2, 0) is 0 Å². The van der Waals surface area contributed by atoms with Crippen LogP contribution < -0.4 is 0 Å². The Morgan fingerprint density at radius 3 is 0.833 bits per heavy atom. The van der Waals surface area contributed by atoms with E-state index < -0.39 is 0 Å². The van der Waals surface area contributed by atoms with Crippen molar-refractivity contribution in [1.82, 2.24) is 0 Å². The van der Waals surface area contributed by atoms with E-state index in [1.54, 1.807) is 0 Å². The fraction of sp³-hybridized carbons (Fsp3) is 0. The molecule has 0 spiro atoms. The minimum Gasteiger partial charge on any atom is -0.380 e. The van der Waals surface area contributed by atoms with E-state index in [0.29, 0.717) is 0 Å². The fourth-order valence-corrected chi connectivity index (χ4v) is 0. The molecule has 0 fully saturated rings. The molecular weight excluding hydrogens is 116 g/mol. The fourth-order valence-electron chi connectivity index (χ4n) is 0. The first-order chi connectivity index (χ1) is 3.00. The van der Waals surface area contributed by atoms with Crippen LogP contribution in [0.4, 0.5) is 0 Å². The van der Waals surface area contributed by atoms with Crippen molar-refractivity contribution in [2.75, 3.05) is 0 Å². The molecule has 2 unspecified atom stereocenters. The van der Waals surface area contributed by atoms with Gasteiger partial charge in [0, 0.05) is 0 Å². The predicted octanol–water partition coefficient (Wildman–Crippen LogP) is -2.29. The molecule has 0 aliphatic heterocycles. The maximum absolute atomic E-state index is 6.92. The van der Waals surface area contributed by atoms with Gasteiger partial charge in [-0.15, -0.1) is 0 Å². The van der Waals surface area contributed by atoms with Gasteiger partial charge in [0.1, 0.15) is 0 Å². The summed E-state index contributed by atoms with van der Waals surface area (Å²) >= 11 is 0. The van der Waals surface area contributed by atoms with E-state index in [-0.39, 0.29) is 0 Å². The van der Waals surface area contributed by atoms with Gasteiger partial charge in [0.05, 0.1) is 15.5 Å². The summed E-state index contributed by atoms with van der Waals surface area (Å²) in [7, 11) is 6.83. The molecule has 0 heterocycles. The van der Waals surface area contributed by atoms with Gasteiger partial charge < -0.3 is 9.79 Å². The summed E-state index contributed by atoms with van der Waals surface area (Å²) in [4.78, 5) is 13.8. The van der Waals surface area contributed by atoms with Crippen LogP contribution >= 0.6 is 18.9 Å². The smallest absolute Gasteiger partial charge is 0.0643 e. The Kier molecular flexibility index (Phi) is 453. The minimum absolute atomic E-state index is 1.42. The summed E-state index contributed by atoms with van der Waals surface area (Å²) < 4.78 is 0. The van der Waals surface area contributed by atoms with Crippen molar-refractivity contribution in [2.24, 2.45) is 0 Å². The molecule has 0 aliphatic rings. The molecule has 0 amide bonds. The van der Waals surface area contributed by atoms with E-state index >= 15 is 0 Å². The first-order valence-corrected chi connectivity index (χ1v) is 2.55. The normalized spacial score (nSPS) is 2.67. The van der Waals surface area contributed by atoms with E-state index in [1.165, 1.54) is 18.9 Å². The van der Waals surface area contributed by atoms with Crippen molar-refractivity contribution in [3.63, 3.8) is 0 Å². The Hall–Kier alpha value is 0.910. The Labute approximate surface area is 45.1 Å². The number of hydrogen-bond donors (Lipinski definition) is 2. The Bertz CT molecular complexity index is 9.51. The largest absolute Gasteiger partial charge is 0.380 e. The molecule has 6 heteroatoms. The molecule has 0 aromatic rings. The van der Waals surface area contributed by atoms with Crippen molar-refractivity contribution in [1.29, 1.82) is 0 Å². The molecule has 0 bridgehead atoms. The molecule has 0 rings (SSSR count). The molecule has 2 N–H and O–H groups in total. The molecule has 38 valence electrons. The lowest BCUT2D eigenvalue weighted by Crippen LogP contribution is -1.38. The van der Waals surface area contributed by atoms with Gasteiger partial charge in [-0.2, -0.15) is 0 Å². The van der Waals surface area contributed by atoms with E-state index in [4.69, 9.17) is 9.79 Å². The first-order valence-electron chi connectivity index (χ1n) is 1.52. The Balaban J connectivity index is -0.0000000225. The van der Waals surface area contributed by atoms with Gasteiger partial charge in [-0.3, -0.25) is 0 Å². The topological polar surface area (TPSA) is 40.5 Å². The molecule has 6 heavy (non-hydrogen) atoms. The molecular formula is H10B2O2P2. The average Bonchev–Trinajstić information content (AvgIpc) is 1.81. The van der Waals surface area contributed by atoms with Crippen LogP contribution in [0.1, 0.15) is 0 Å². The van der Waals surface area contributed by atoms with Crippen LogP contribution in [0.5, 0.6) is 0 Å². The maximum Gasteiger partial charge on any atom is 0.0643 e. The summed E-state index contributed by atoms with van der Waals surface area (Å²) in [6.07, 6.45) is 0. The Morgan fingerprint density at radius 1 is 0.833 bits per heavy atom. The third-order valence-corrected chi connectivity index (χ3v) is 0. The SMILES string of the molecule is BB.OP.OP. The minimum atomic E-state index is 1.42. The quantitative estimate of drug-likeness (QED) is 0.283. The van der Waals surface area contributed by atoms with Crippen molar-refractivity contribution in [2.45, 2.75) is 0 Å². The molecule has 0 aromatic carbocycles. The molecule has 0 aromatic heterocycles. The van der Waals surface area contributed by atoms with Crippen LogP contribution in [0.2, 0.25) is 0 Å². The second-order valence-electron chi connectivity index (χ2n) is 0. The third-order valence-electron chi connectivity index (χ3n) is 0. The highest BCUT2D eigenvalue weighted by Crippen LogP contribution is 1.44. The third kappa shape index (κ3) is 90.7. The van der Waals surface area contributed by atoms with E-state index in [1.807, 2.05) is 15.5 Å². The predicted molar refractivity (Wildman–Crippen MR) is 40.9 cm³/mol. The molecule has 0 saturated heterocycles. The van der Waals surface area contributed by atoms with Crippen molar-refractivity contribution in [3.8, 4) is 0 Å². The van der Waals surface area contributed by atoms with Gasteiger partial charge in [0.15, 0.2) is 0 Å². The van der Waals surface area contributed by atoms with Crippen molar-refractivity contribution < 1.29 is 9.79 Å². The molecule has 0 radical (unpaired) electrons. The van der Waals surface area contributed by atoms with Crippen LogP contribution in [0, 0.1) is 0 Å². The highest BCUT2D eigenvalue weighted by Gasteiger charge is 1.06. The molecule has 2 nitrogen and oxygen atoms in total. The van der Waals surface area contributed by atoms with E-state index in [9.17, 15) is 0 Å². The summed E-state index contributed by atoms with van der Waals surface area (Å²) in [5, 5.41) is 0.